The van der Waals surface area contributed by atoms with Crippen molar-refractivity contribution in [2.24, 2.45) is 11.7 Å². The summed E-state index contributed by atoms with van der Waals surface area (Å²) < 4.78 is 0. The van der Waals surface area contributed by atoms with E-state index in [0.717, 1.165) is 38.8 Å². The molecule has 1 saturated heterocycles. The Morgan fingerprint density at radius 3 is 2.13 bits per heavy atom. The molecule has 0 aromatic heterocycles. The number of likely N-dealkylation sites (tertiary alicyclic amines) is 1. The molecule has 0 aromatic rings. The Labute approximate surface area is 93.4 Å². The minimum atomic E-state index is 0.595. The van der Waals surface area contributed by atoms with Crippen molar-refractivity contribution in [1.82, 2.24) is 9.80 Å². The number of nitrogens with zero attached hydrogens (tertiary/aromatic N) is 2. The molecular formula is C11H25N3O. The van der Waals surface area contributed by atoms with Gasteiger partial charge in [-0.25, -0.2) is 0 Å². The van der Waals surface area contributed by atoms with Gasteiger partial charge in [0.05, 0.1) is 6.54 Å². The lowest BCUT2D eigenvalue weighted by Crippen LogP contribution is -2.36. The zero-order chi connectivity index (χ0) is 11.7. The fourth-order valence-corrected chi connectivity index (χ4v) is 1.51. The molecule has 1 aliphatic heterocycles. The van der Waals surface area contributed by atoms with Gasteiger partial charge in [-0.1, -0.05) is 0 Å². The van der Waals surface area contributed by atoms with E-state index in [1.165, 1.54) is 0 Å². The smallest absolute Gasteiger partial charge is 0.133 e. The molecule has 0 radical (unpaired) electrons. The largest absolute Gasteiger partial charge is 0.330 e. The van der Waals surface area contributed by atoms with E-state index in [2.05, 4.69) is 4.90 Å². The summed E-state index contributed by atoms with van der Waals surface area (Å²) in [6.07, 6.45) is 3.29. The van der Waals surface area contributed by atoms with Gasteiger partial charge in [-0.05, 0) is 59.5 Å². The zero-order valence-electron chi connectivity index (χ0n) is 10.3. The molecule has 0 atom stereocenters. The van der Waals surface area contributed by atoms with Crippen molar-refractivity contribution < 1.29 is 4.79 Å². The normalized spacial score (nSPS) is 18.5. The zero-order valence-corrected chi connectivity index (χ0v) is 10.3. The Bertz CT molecular complexity index is 151. The lowest BCUT2D eigenvalue weighted by atomic mass is 9.97. The van der Waals surface area contributed by atoms with E-state index in [4.69, 9.17) is 5.73 Å². The summed E-state index contributed by atoms with van der Waals surface area (Å²) >= 11 is 0. The van der Waals surface area contributed by atoms with E-state index in [1.807, 2.05) is 26.0 Å². The fourth-order valence-electron chi connectivity index (χ4n) is 1.51. The predicted octanol–water partition coefficient (Wildman–Crippen LogP) is 0.0338. The summed E-state index contributed by atoms with van der Waals surface area (Å²) in [5, 5.41) is 0. The quantitative estimate of drug-likeness (QED) is 0.675. The van der Waals surface area contributed by atoms with Crippen LogP contribution in [-0.2, 0) is 4.79 Å². The van der Waals surface area contributed by atoms with Gasteiger partial charge in [0.15, 0.2) is 0 Å². The molecule has 0 aliphatic carbocycles. The van der Waals surface area contributed by atoms with Crippen LogP contribution in [0.1, 0.15) is 12.8 Å². The van der Waals surface area contributed by atoms with E-state index >= 15 is 0 Å². The molecule has 90 valence electrons. The third kappa shape index (κ3) is 8.54. The first kappa shape index (κ1) is 14.6. The van der Waals surface area contributed by atoms with Crippen molar-refractivity contribution in [3.63, 3.8) is 0 Å². The van der Waals surface area contributed by atoms with Gasteiger partial charge in [-0.2, -0.15) is 0 Å². The summed E-state index contributed by atoms with van der Waals surface area (Å²) in [5.74, 6) is 0.693. The highest BCUT2D eigenvalue weighted by Gasteiger charge is 2.16. The number of piperidine rings is 1. The van der Waals surface area contributed by atoms with Gasteiger partial charge >= 0.3 is 0 Å². The van der Waals surface area contributed by atoms with Crippen molar-refractivity contribution in [3.05, 3.63) is 0 Å². The lowest BCUT2D eigenvalue weighted by Gasteiger charge is -2.29. The molecule has 0 bridgehead atoms. The van der Waals surface area contributed by atoms with Gasteiger partial charge in [-0.3, -0.25) is 4.90 Å². The molecule has 0 spiro atoms. The standard InChI is InChI=1S/C8H16N2O.C3H9N/c9-7-8-1-3-10(4-2-8)5-6-11;1-4(2)3/h6,8H,1-5,7,9H2;1-3H3. The Morgan fingerprint density at radius 1 is 1.33 bits per heavy atom. The van der Waals surface area contributed by atoms with E-state index < -0.39 is 0 Å². The molecule has 0 aromatic carbocycles. The number of nitrogens with two attached hydrogens (primary N) is 1. The van der Waals surface area contributed by atoms with E-state index in [0.29, 0.717) is 12.5 Å². The maximum absolute atomic E-state index is 10.2. The molecule has 15 heavy (non-hydrogen) atoms. The van der Waals surface area contributed by atoms with Crippen molar-refractivity contribution >= 4 is 6.29 Å². The van der Waals surface area contributed by atoms with Crippen LogP contribution in [0.4, 0.5) is 0 Å². The highest BCUT2D eigenvalue weighted by molar-refractivity contribution is 5.51. The molecule has 1 heterocycles. The molecule has 4 nitrogen and oxygen atoms in total. The third-order valence-corrected chi connectivity index (χ3v) is 2.37. The van der Waals surface area contributed by atoms with Gasteiger partial charge in [0.25, 0.3) is 0 Å². The number of aldehydes is 1. The topological polar surface area (TPSA) is 49.6 Å². The van der Waals surface area contributed by atoms with Crippen molar-refractivity contribution in [2.75, 3.05) is 47.3 Å². The van der Waals surface area contributed by atoms with E-state index in [1.54, 1.807) is 0 Å². The van der Waals surface area contributed by atoms with Gasteiger partial charge in [0.2, 0.25) is 0 Å². The summed E-state index contributed by atoms with van der Waals surface area (Å²) in [6.45, 7) is 3.48. The van der Waals surface area contributed by atoms with Crippen LogP contribution in [0, 0.1) is 5.92 Å². The highest BCUT2D eigenvalue weighted by Crippen LogP contribution is 2.14. The fraction of sp³-hybridized carbons (Fsp3) is 0.909. The molecule has 0 unspecified atom stereocenters. The Hall–Kier alpha value is -0.450. The molecule has 0 saturated carbocycles. The molecule has 0 amide bonds. The Balaban J connectivity index is 0.000000423. The van der Waals surface area contributed by atoms with Crippen LogP contribution < -0.4 is 5.73 Å². The minimum Gasteiger partial charge on any atom is -0.330 e. The Kier molecular flexibility index (Phi) is 8.56. The first-order valence-corrected chi connectivity index (χ1v) is 5.57. The average Bonchev–Trinajstić information content (AvgIpc) is 2.19. The predicted molar refractivity (Wildman–Crippen MR) is 63.9 cm³/mol. The van der Waals surface area contributed by atoms with Gasteiger partial charge in [0.1, 0.15) is 6.29 Å². The Morgan fingerprint density at radius 2 is 1.80 bits per heavy atom. The molecule has 1 rings (SSSR count). The second-order valence-electron chi connectivity index (χ2n) is 4.49. The van der Waals surface area contributed by atoms with Crippen LogP contribution >= 0.6 is 0 Å². The van der Waals surface area contributed by atoms with Gasteiger partial charge in [0, 0.05) is 0 Å². The van der Waals surface area contributed by atoms with Gasteiger partial charge in [-0.15, -0.1) is 0 Å². The molecular weight excluding hydrogens is 190 g/mol. The summed E-state index contributed by atoms with van der Waals surface area (Å²) in [6, 6.07) is 0. The van der Waals surface area contributed by atoms with Crippen LogP contribution in [0.2, 0.25) is 0 Å². The van der Waals surface area contributed by atoms with Crippen molar-refractivity contribution in [2.45, 2.75) is 12.8 Å². The first-order valence-electron chi connectivity index (χ1n) is 5.57. The number of hydrogen-bond donors (Lipinski definition) is 1. The lowest BCUT2D eigenvalue weighted by molar-refractivity contribution is -0.109. The average molecular weight is 215 g/mol. The minimum absolute atomic E-state index is 0.595. The van der Waals surface area contributed by atoms with E-state index in [-0.39, 0.29) is 0 Å². The molecule has 2 N–H and O–H groups in total. The van der Waals surface area contributed by atoms with E-state index in [9.17, 15) is 4.79 Å². The molecule has 1 aliphatic rings. The van der Waals surface area contributed by atoms with Gasteiger partial charge < -0.3 is 15.4 Å². The summed E-state index contributed by atoms with van der Waals surface area (Å²) in [5.41, 5.74) is 5.53. The first-order chi connectivity index (χ1) is 7.10. The SMILES string of the molecule is CN(C)C.NCC1CCN(CC=O)CC1. The van der Waals surface area contributed by atoms with Crippen LogP contribution in [0.3, 0.4) is 0 Å². The monoisotopic (exact) mass is 215 g/mol. The maximum atomic E-state index is 10.2. The van der Waals surface area contributed by atoms with Crippen LogP contribution in [-0.4, -0.2) is 63.4 Å². The van der Waals surface area contributed by atoms with Crippen molar-refractivity contribution in [1.29, 1.82) is 0 Å². The summed E-state index contributed by atoms with van der Waals surface area (Å²) in [7, 11) is 6.00. The number of hydrogen-bond acceptors (Lipinski definition) is 4. The van der Waals surface area contributed by atoms with Crippen LogP contribution in [0.15, 0.2) is 0 Å². The molecule has 1 fully saturated rings. The van der Waals surface area contributed by atoms with Crippen molar-refractivity contribution in [3.8, 4) is 0 Å². The number of carbonyl (C=O) groups excluding carboxylic acids is 1. The maximum Gasteiger partial charge on any atom is 0.133 e. The highest BCUT2D eigenvalue weighted by atomic mass is 16.1. The van der Waals surface area contributed by atoms with Crippen LogP contribution in [0.5, 0.6) is 0 Å². The third-order valence-electron chi connectivity index (χ3n) is 2.37. The van der Waals surface area contributed by atoms with Crippen LogP contribution in [0.25, 0.3) is 0 Å². The number of rotatable bonds is 3. The second-order valence-corrected chi connectivity index (χ2v) is 4.49. The second kappa shape index (κ2) is 8.83. The number of carbonyl (C=O) groups is 1. The molecule has 4 heteroatoms. The summed E-state index contributed by atoms with van der Waals surface area (Å²) in [4.78, 5) is 14.3.